The number of alkyl halides is 2. The number of carbonyl (C=O) groups is 1. The Morgan fingerprint density at radius 2 is 1.84 bits per heavy atom. The van der Waals surface area contributed by atoms with Crippen LogP contribution < -0.4 is 0 Å². The van der Waals surface area contributed by atoms with Gasteiger partial charge in [0.25, 0.3) is 0 Å². The minimum Gasteiger partial charge on any atom is -0.334 e. The molecule has 4 rings (SSSR count). The van der Waals surface area contributed by atoms with Gasteiger partial charge in [0.1, 0.15) is 0 Å². The minimum atomic E-state index is -2.68. The van der Waals surface area contributed by atoms with Gasteiger partial charge in [-0.15, -0.1) is 0 Å². The lowest BCUT2D eigenvalue weighted by molar-refractivity contribution is -0.166. The Kier molecular flexibility index (Phi) is 6.04. The molecule has 6 nitrogen and oxygen atoms in total. The van der Waals surface area contributed by atoms with Crippen LogP contribution in [-0.4, -0.2) is 56.4 Å². The molecule has 2 aromatic rings. The first-order valence-electron chi connectivity index (χ1n) is 11.1. The third-order valence-corrected chi connectivity index (χ3v) is 6.76. The predicted octanol–water partition coefficient (Wildman–Crippen LogP) is 3.83. The SMILES string of the molecule is CC1CN(Cc2cncn2[C@H](C)c2ccc(C#N)cc2)CC(C)N1C(=O)C1CC(F)(F)C1. The van der Waals surface area contributed by atoms with E-state index in [2.05, 4.69) is 27.4 Å². The van der Waals surface area contributed by atoms with E-state index >= 15 is 0 Å². The Hall–Kier alpha value is -2.79. The van der Waals surface area contributed by atoms with Crippen molar-refractivity contribution >= 4 is 5.91 Å². The zero-order valence-corrected chi connectivity index (χ0v) is 18.7. The number of piperazine rings is 1. The predicted molar refractivity (Wildman–Crippen MR) is 116 cm³/mol. The zero-order valence-electron chi connectivity index (χ0n) is 18.7. The lowest BCUT2D eigenvalue weighted by Gasteiger charge is -2.47. The van der Waals surface area contributed by atoms with Crippen molar-refractivity contribution in [3.05, 3.63) is 53.6 Å². The standard InChI is InChI=1S/C24H29F2N5O/c1-16-12-29(13-17(2)31(16)23(32)21-8-24(25,26)9-21)14-22-11-28-15-30(22)18(3)20-6-4-19(10-27)5-7-20/h4-7,11,15-18,21H,8-9,12-14H2,1-3H3/t16?,17?,18-/m1/s1. The van der Waals surface area contributed by atoms with E-state index in [1.807, 2.05) is 55.5 Å². The van der Waals surface area contributed by atoms with Crippen LogP contribution in [0.25, 0.3) is 0 Å². The van der Waals surface area contributed by atoms with Crippen LogP contribution >= 0.6 is 0 Å². The first kappa shape index (κ1) is 22.4. The minimum absolute atomic E-state index is 0.0345. The second-order valence-corrected chi connectivity index (χ2v) is 9.30. The van der Waals surface area contributed by atoms with Gasteiger partial charge in [-0.1, -0.05) is 12.1 Å². The number of aromatic nitrogens is 2. The summed E-state index contributed by atoms with van der Waals surface area (Å²) < 4.78 is 28.6. The molecule has 2 unspecified atom stereocenters. The Morgan fingerprint density at radius 3 is 2.41 bits per heavy atom. The number of hydrogen-bond acceptors (Lipinski definition) is 4. The largest absolute Gasteiger partial charge is 0.334 e. The van der Waals surface area contributed by atoms with E-state index in [0.717, 1.165) is 11.3 Å². The van der Waals surface area contributed by atoms with Crippen molar-refractivity contribution < 1.29 is 13.6 Å². The third kappa shape index (κ3) is 4.40. The molecule has 0 radical (unpaired) electrons. The molecule has 1 saturated heterocycles. The fourth-order valence-electron chi connectivity index (χ4n) is 5.07. The molecule has 1 aliphatic heterocycles. The quantitative estimate of drug-likeness (QED) is 0.707. The van der Waals surface area contributed by atoms with E-state index in [0.29, 0.717) is 25.2 Å². The number of nitrogens with zero attached hydrogens (tertiary/aromatic N) is 5. The number of rotatable bonds is 5. The molecule has 1 aromatic carbocycles. The van der Waals surface area contributed by atoms with Crippen LogP contribution in [0.5, 0.6) is 0 Å². The fourth-order valence-corrected chi connectivity index (χ4v) is 5.07. The molecule has 1 saturated carbocycles. The average Bonchev–Trinajstić information content (AvgIpc) is 3.18. The molecule has 170 valence electrons. The smallest absolute Gasteiger partial charge is 0.249 e. The molecule has 0 N–H and O–H groups in total. The molecule has 0 spiro atoms. The van der Waals surface area contributed by atoms with E-state index in [9.17, 15) is 13.6 Å². The van der Waals surface area contributed by atoms with Gasteiger partial charge in [-0.3, -0.25) is 9.69 Å². The summed E-state index contributed by atoms with van der Waals surface area (Å²) in [6.45, 7) is 8.16. The van der Waals surface area contributed by atoms with Gasteiger partial charge in [0.15, 0.2) is 0 Å². The molecule has 1 amide bonds. The maximum absolute atomic E-state index is 13.2. The number of halogens is 2. The normalized spacial score (nSPS) is 24.6. The molecule has 3 atom stereocenters. The summed E-state index contributed by atoms with van der Waals surface area (Å²) in [6.07, 6.45) is 3.04. The highest BCUT2D eigenvalue weighted by atomic mass is 19.3. The van der Waals surface area contributed by atoms with Gasteiger partial charge in [0, 0.05) is 56.7 Å². The van der Waals surface area contributed by atoms with Crippen LogP contribution in [-0.2, 0) is 11.3 Å². The summed E-state index contributed by atoms with van der Waals surface area (Å²) >= 11 is 0. The number of hydrogen-bond donors (Lipinski definition) is 0. The van der Waals surface area contributed by atoms with Gasteiger partial charge < -0.3 is 9.47 Å². The lowest BCUT2D eigenvalue weighted by Crippen LogP contribution is -2.61. The fraction of sp³-hybridized carbons (Fsp3) is 0.542. The summed E-state index contributed by atoms with van der Waals surface area (Å²) in [5.41, 5.74) is 2.80. The number of benzene rings is 1. The highest BCUT2D eigenvalue weighted by molar-refractivity contribution is 5.80. The Balaban J connectivity index is 1.41. The van der Waals surface area contributed by atoms with Crippen molar-refractivity contribution in [2.75, 3.05) is 13.1 Å². The van der Waals surface area contributed by atoms with Crippen molar-refractivity contribution in [3.8, 4) is 6.07 Å². The highest BCUT2D eigenvalue weighted by Crippen LogP contribution is 2.44. The van der Waals surface area contributed by atoms with Crippen LogP contribution in [0.15, 0.2) is 36.8 Å². The van der Waals surface area contributed by atoms with Crippen molar-refractivity contribution in [1.29, 1.82) is 5.26 Å². The molecular weight excluding hydrogens is 412 g/mol. The molecule has 8 heteroatoms. The molecule has 1 aromatic heterocycles. The van der Waals surface area contributed by atoms with Gasteiger partial charge in [-0.2, -0.15) is 5.26 Å². The monoisotopic (exact) mass is 441 g/mol. The molecule has 2 heterocycles. The summed E-state index contributed by atoms with van der Waals surface area (Å²) in [5.74, 6) is -3.36. The van der Waals surface area contributed by atoms with E-state index < -0.39 is 11.8 Å². The van der Waals surface area contributed by atoms with Crippen LogP contribution in [0.4, 0.5) is 8.78 Å². The highest BCUT2D eigenvalue weighted by Gasteiger charge is 2.51. The Bertz CT molecular complexity index is 992. The summed E-state index contributed by atoms with van der Waals surface area (Å²) in [6, 6.07) is 9.71. The summed E-state index contributed by atoms with van der Waals surface area (Å²) in [5, 5.41) is 9.02. The van der Waals surface area contributed by atoms with Crippen molar-refractivity contribution in [1.82, 2.24) is 19.4 Å². The van der Waals surface area contributed by atoms with Gasteiger partial charge in [0.05, 0.1) is 29.7 Å². The molecule has 2 fully saturated rings. The van der Waals surface area contributed by atoms with Crippen LogP contribution in [0.3, 0.4) is 0 Å². The van der Waals surface area contributed by atoms with Crippen molar-refractivity contribution in [2.24, 2.45) is 5.92 Å². The lowest BCUT2D eigenvalue weighted by atomic mass is 9.79. The maximum atomic E-state index is 13.2. The summed E-state index contributed by atoms with van der Waals surface area (Å²) in [4.78, 5) is 21.3. The van der Waals surface area contributed by atoms with Gasteiger partial charge in [-0.25, -0.2) is 13.8 Å². The van der Waals surface area contributed by atoms with Crippen LogP contribution in [0, 0.1) is 17.2 Å². The summed E-state index contributed by atoms with van der Waals surface area (Å²) in [7, 11) is 0. The third-order valence-electron chi connectivity index (χ3n) is 6.76. The van der Waals surface area contributed by atoms with Gasteiger partial charge >= 0.3 is 0 Å². The topological polar surface area (TPSA) is 65.2 Å². The number of carbonyl (C=O) groups excluding carboxylic acids is 1. The van der Waals surface area contributed by atoms with Crippen molar-refractivity contribution in [3.63, 3.8) is 0 Å². The van der Waals surface area contributed by atoms with E-state index in [1.54, 1.807) is 0 Å². The maximum Gasteiger partial charge on any atom is 0.249 e. The Morgan fingerprint density at radius 1 is 1.22 bits per heavy atom. The number of nitriles is 1. The molecular formula is C24H29F2N5O. The van der Waals surface area contributed by atoms with E-state index in [-0.39, 0.29) is 36.9 Å². The first-order valence-corrected chi connectivity index (χ1v) is 11.1. The van der Waals surface area contributed by atoms with Crippen molar-refractivity contribution in [2.45, 2.75) is 64.2 Å². The average molecular weight is 442 g/mol. The van der Waals surface area contributed by atoms with Crippen LogP contribution in [0.2, 0.25) is 0 Å². The van der Waals surface area contributed by atoms with Gasteiger partial charge in [-0.05, 0) is 38.5 Å². The van der Waals surface area contributed by atoms with E-state index in [4.69, 9.17) is 5.26 Å². The molecule has 32 heavy (non-hydrogen) atoms. The second-order valence-electron chi connectivity index (χ2n) is 9.30. The molecule has 2 aliphatic rings. The zero-order chi connectivity index (χ0) is 23.0. The van der Waals surface area contributed by atoms with Gasteiger partial charge in [0.2, 0.25) is 11.8 Å². The van der Waals surface area contributed by atoms with E-state index in [1.165, 1.54) is 0 Å². The first-order chi connectivity index (χ1) is 15.2. The molecule has 0 bridgehead atoms. The Labute approximate surface area is 187 Å². The number of imidazole rings is 1. The second kappa shape index (κ2) is 8.62. The molecule has 1 aliphatic carbocycles. The van der Waals surface area contributed by atoms with Crippen LogP contribution in [0.1, 0.15) is 56.5 Å². The number of amides is 1.